The van der Waals surface area contributed by atoms with Crippen LogP contribution < -0.4 is 15.0 Å². The zero-order valence-electron chi connectivity index (χ0n) is 14.8. The fourth-order valence-electron chi connectivity index (χ4n) is 2.78. The minimum Gasteiger partial charge on any atom is -0.486 e. The lowest BCUT2D eigenvalue weighted by Crippen LogP contribution is -2.38. The van der Waals surface area contributed by atoms with Crippen LogP contribution in [0, 0.1) is 12.7 Å². The number of aryl methyl sites for hydroxylation is 1. The molecule has 2 aromatic heterocycles. The summed E-state index contributed by atoms with van der Waals surface area (Å²) in [4.78, 5) is 14.9. The van der Waals surface area contributed by atoms with E-state index in [0.29, 0.717) is 35.5 Å². The molecule has 1 aliphatic heterocycles. The first-order valence-electron chi connectivity index (χ1n) is 8.31. The van der Waals surface area contributed by atoms with Crippen molar-refractivity contribution in [1.29, 1.82) is 0 Å². The van der Waals surface area contributed by atoms with Gasteiger partial charge in [0.15, 0.2) is 11.6 Å². The maximum absolute atomic E-state index is 14.5. The van der Waals surface area contributed by atoms with E-state index >= 15 is 0 Å². The molecule has 26 heavy (non-hydrogen) atoms. The predicted molar refractivity (Wildman–Crippen MR) is 96.9 cm³/mol. The first-order valence-corrected chi connectivity index (χ1v) is 8.31. The maximum atomic E-state index is 14.5. The number of hydrogen-bond donors (Lipinski definition) is 1. The summed E-state index contributed by atoms with van der Waals surface area (Å²) < 4.78 is 21.8. The minimum atomic E-state index is -0.362. The van der Waals surface area contributed by atoms with Gasteiger partial charge in [-0.05, 0) is 32.0 Å². The van der Waals surface area contributed by atoms with Crippen molar-refractivity contribution in [3.63, 3.8) is 0 Å². The number of rotatable bonds is 3. The van der Waals surface area contributed by atoms with Crippen molar-refractivity contribution in [3.05, 3.63) is 48.4 Å². The van der Waals surface area contributed by atoms with Crippen molar-refractivity contribution in [1.82, 2.24) is 19.5 Å². The van der Waals surface area contributed by atoms with Gasteiger partial charge in [-0.15, -0.1) is 0 Å². The molecule has 3 heterocycles. The molecule has 0 fully saturated rings. The van der Waals surface area contributed by atoms with E-state index in [1.54, 1.807) is 35.4 Å². The molecule has 134 valence electrons. The van der Waals surface area contributed by atoms with Gasteiger partial charge < -0.3 is 19.5 Å². The molecular weight excluding hydrogens is 335 g/mol. The van der Waals surface area contributed by atoms with Crippen LogP contribution in [-0.2, 0) is 0 Å². The number of ether oxygens (including phenoxy) is 1. The lowest BCUT2D eigenvalue weighted by molar-refractivity contribution is 0.271. The van der Waals surface area contributed by atoms with Crippen molar-refractivity contribution in [3.8, 4) is 11.4 Å². The van der Waals surface area contributed by atoms with Gasteiger partial charge in [-0.3, -0.25) is 0 Å². The summed E-state index contributed by atoms with van der Waals surface area (Å²) in [5.41, 5.74) is 1.83. The molecule has 0 spiro atoms. The molecule has 0 saturated heterocycles. The number of halogens is 1. The van der Waals surface area contributed by atoms with Gasteiger partial charge >= 0.3 is 0 Å². The summed E-state index contributed by atoms with van der Waals surface area (Å²) in [5.74, 6) is 1.39. The number of anilines is 3. The van der Waals surface area contributed by atoms with Crippen molar-refractivity contribution in [2.24, 2.45) is 0 Å². The van der Waals surface area contributed by atoms with Gasteiger partial charge in [-0.2, -0.15) is 4.98 Å². The highest BCUT2D eigenvalue weighted by atomic mass is 19.1. The largest absolute Gasteiger partial charge is 0.486 e. The number of aromatic nitrogens is 4. The van der Waals surface area contributed by atoms with E-state index in [9.17, 15) is 4.39 Å². The van der Waals surface area contributed by atoms with Gasteiger partial charge in [0.1, 0.15) is 12.4 Å². The topological polar surface area (TPSA) is 68.1 Å². The average Bonchev–Trinajstić information content (AvgIpc) is 3.05. The molecule has 3 aromatic rings. The third-order valence-corrected chi connectivity index (χ3v) is 4.41. The summed E-state index contributed by atoms with van der Waals surface area (Å²) in [7, 11) is 1.96. The number of nitrogens with one attached hydrogen (secondary N) is 1. The second kappa shape index (κ2) is 6.29. The third-order valence-electron chi connectivity index (χ3n) is 4.41. The maximum Gasteiger partial charge on any atom is 0.229 e. The Balaban J connectivity index is 1.59. The summed E-state index contributed by atoms with van der Waals surface area (Å²) >= 11 is 0. The third kappa shape index (κ3) is 2.94. The van der Waals surface area contributed by atoms with E-state index in [0.717, 1.165) is 5.69 Å². The molecule has 0 amide bonds. The molecule has 1 aliphatic rings. The van der Waals surface area contributed by atoms with Crippen LogP contribution >= 0.6 is 0 Å². The molecule has 0 bridgehead atoms. The summed E-state index contributed by atoms with van der Waals surface area (Å²) in [6, 6.07) is 5.10. The fourth-order valence-corrected chi connectivity index (χ4v) is 2.78. The number of likely N-dealkylation sites (N-methyl/N-ethyl adjacent to an activating group) is 1. The van der Waals surface area contributed by atoms with E-state index in [1.165, 1.54) is 6.07 Å². The first kappa shape index (κ1) is 16.3. The van der Waals surface area contributed by atoms with Crippen LogP contribution in [0.1, 0.15) is 12.6 Å². The van der Waals surface area contributed by atoms with E-state index in [4.69, 9.17) is 4.74 Å². The molecule has 4 rings (SSSR count). The van der Waals surface area contributed by atoms with Gasteiger partial charge in [-0.25, -0.2) is 14.4 Å². The standard InChI is InChI=1S/C18H19FN6O/c1-11-8-25(10-21-11)15-5-4-13(6-14(15)19)22-18-20-7-16-17(23-18)24(3)12(2)9-26-16/h4-8,10,12H,9H2,1-3H3,(H,20,22,23)/t12-/m0/s1. The fraction of sp³-hybridized carbons (Fsp3) is 0.278. The van der Waals surface area contributed by atoms with Crippen LogP contribution in [0.25, 0.3) is 5.69 Å². The highest BCUT2D eigenvalue weighted by molar-refractivity contribution is 5.61. The van der Waals surface area contributed by atoms with Crippen LogP contribution in [0.5, 0.6) is 5.75 Å². The molecule has 0 aliphatic carbocycles. The Kier molecular flexibility index (Phi) is 3.95. The Hall–Kier alpha value is -3.16. The number of hydrogen-bond acceptors (Lipinski definition) is 6. The lowest BCUT2D eigenvalue weighted by Gasteiger charge is -2.32. The first-order chi connectivity index (χ1) is 12.5. The zero-order valence-corrected chi connectivity index (χ0v) is 14.8. The van der Waals surface area contributed by atoms with Gasteiger partial charge in [0, 0.05) is 18.9 Å². The van der Waals surface area contributed by atoms with E-state index < -0.39 is 0 Å². The van der Waals surface area contributed by atoms with Crippen LogP contribution in [0.4, 0.5) is 21.8 Å². The minimum absolute atomic E-state index is 0.223. The molecule has 0 unspecified atom stereocenters. The van der Waals surface area contributed by atoms with Crippen molar-refractivity contribution in [2.75, 3.05) is 23.9 Å². The molecule has 8 heteroatoms. The molecule has 0 radical (unpaired) electrons. The second-order valence-electron chi connectivity index (χ2n) is 6.37. The van der Waals surface area contributed by atoms with Gasteiger partial charge in [-0.1, -0.05) is 0 Å². The molecular formula is C18H19FN6O. The molecule has 1 N–H and O–H groups in total. The SMILES string of the molecule is Cc1cn(-c2ccc(Nc3ncc4c(n3)N(C)[C@@H](C)CO4)cc2F)cn1. The highest BCUT2D eigenvalue weighted by Crippen LogP contribution is 2.31. The molecule has 1 atom stereocenters. The van der Waals surface area contributed by atoms with Gasteiger partial charge in [0.2, 0.25) is 5.95 Å². The van der Waals surface area contributed by atoms with E-state index in [1.807, 2.05) is 18.9 Å². The Morgan fingerprint density at radius 3 is 2.88 bits per heavy atom. The quantitative estimate of drug-likeness (QED) is 0.780. The predicted octanol–water partition coefficient (Wildman–Crippen LogP) is 3.07. The number of fused-ring (bicyclic) bond motifs is 1. The van der Waals surface area contributed by atoms with Crippen molar-refractivity contribution >= 4 is 17.5 Å². The molecule has 0 saturated carbocycles. The van der Waals surface area contributed by atoms with Crippen LogP contribution in [0.2, 0.25) is 0 Å². The summed E-state index contributed by atoms with van der Waals surface area (Å²) in [5, 5.41) is 3.04. The normalized spacial score (nSPS) is 16.2. The Morgan fingerprint density at radius 2 is 2.15 bits per heavy atom. The Labute approximate surface area is 150 Å². The van der Waals surface area contributed by atoms with Crippen LogP contribution in [0.15, 0.2) is 36.9 Å². The highest BCUT2D eigenvalue weighted by Gasteiger charge is 2.23. The smallest absolute Gasteiger partial charge is 0.229 e. The summed E-state index contributed by atoms with van der Waals surface area (Å²) in [6.07, 6.45) is 4.99. The Morgan fingerprint density at radius 1 is 1.31 bits per heavy atom. The molecule has 7 nitrogen and oxygen atoms in total. The monoisotopic (exact) mass is 354 g/mol. The van der Waals surface area contributed by atoms with Crippen molar-refractivity contribution < 1.29 is 9.13 Å². The number of imidazole rings is 1. The van der Waals surface area contributed by atoms with Crippen LogP contribution in [-0.4, -0.2) is 39.2 Å². The van der Waals surface area contributed by atoms with E-state index in [2.05, 4.69) is 27.2 Å². The summed E-state index contributed by atoms with van der Waals surface area (Å²) in [6.45, 7) is 4.52. The van der Waals surface area contributed by atoms with E-state index in [-0.39, 0.29) is 11.9 Å². The van der Waals surface area contributed by atoms with Gasteiger partial charge in [0.25, 0.3) is 0 Å². The second-order valence-corrected chi connectivity index (χ2v) is 6.37. The zero-order chi connectivity index (χ0) is 18.3. The average molecular weight is 354 g/mol. The Bertz CT molecular complexity index is 957. The van der Waals surface area contributed by atoms with Crippen LogP contribution in [0.3, 0.4) is 0 Å². The number of benzene rings is 1. The molecule has 1 aromatic carbocycles. The van der Waals surface area contributed by atoms with Gasteiger partial charge in [0.05, 0.1) is 29.9 Å². The number of nitrogens with zero attached hydrogens (tertiary/aromatic N) is 5. The lowest BCUT2D eigenvalue weighted by atomic mass is 10.2. The van der Waals surface area contributed by atoms with Crippen molar-refractivity contribution in [2.45, 2.75) is 19.9 Å².